The number of H-pyrrole nitrogens is 1. The minimum Gasteiger partial charge on any atom is -0.480 e. The van der Waals surface area contributed by atoms with E-state index in [2.05, 4.69) is 15.2 Å². The Hall–Kier alpha value is -2.41. The van der Waals surface area contributed by atoms with Crippen molar-refractivity contribution in [2.75, 3.05) is 11.4 Å². The van der Waals surface area contributed by atoms with Gasteiger partial charge in [0.05, 0.1) is 0 Å². The number of carboxylic acid groups (broad SMARTS) is 1. The maximum absolute atomic E-state index is 12.3. The molecule has 1 aromatic heterocycles. The summed E-state index contributed by atoms with van der Waals surface area (Å²) in [6.07, 6.45) is 0. The number of carbonyl (C=O) groups excluding carboxylic acids is 1. The summed E-state index contributed by atoms with van der Waals surface area (Å²) in [5.41, 5.74) is 0.368. The van der Waals surface area contributed by atoms with E-state index >= 15 is 0 Å². The molecule has 0 atom stereocenters. The van der Waals surface area contributed by atoms with Gasteiger partial charge in [-0.1, -0.05) is 17.7 Å². The molecule has 0 bridgehead atoms. The average molecular weight is 295 g/mol. The molecule has 0 spiro atoms. The number of aromatic nitrogens is 3. The lowest BCUT2D eigenvalue weighted by atomic mass is 10.2. The van der Waals surface area contributed by atoms with Gasteiger partial charge >= 0.3 is 5.97 Å². The number of halogens is 1. The minimum absolute atomic E-state index is 0.0938. The molecule has 2 rings (SSSR count). The second kappa shape index (κ2) is 5.70. The van der Waals surface area contributed by atoms with Gasteiger partial charge in [0.15, 0.2) is 0 Å². The first-order valence-electron chi connectivity index (χ1n) is 5.65. The number of hydrogen-bond acceptors (Lipinski definition) is 4. The highest BCUT2D eigenvalue weighted by Gasteiger charge is 2.23. The van der Waals surface area contributed by atoms with E-state index in [0.717, 1.165) is 4.90 Å². The van der Waals surface area contributed by atoms with E-state index in [1.54, 1.807) is 25.1 Å². The first-order valence-corrected chi connectivity index (χ1v) is 6.03. The molecule has 0 aliphatic heterocycles. The molecule has 1 aromatic carbocycles. The van der Waals surface area contributed by atoms with Crippen LogP contribution >= 0.6 is 11.6 Å². The monoisotopic (exact) mass is 294 g/mol. The molecule has 8 heteroatoms. The highest BCUT2D eigenvalue weighted by Crippen LogP contribution is 2.20. The number of rotatable bonds is 4. The first kappa shape index (κ1) is 14.0. The van der Waals surface area contributed by atoms with Gasteiger partial charge in [0, 0.05) is 10.7 Å². The molecule has 0 aliphatic carbocycles. The van der Waals surface area contributed by atoms with Crippen molar-refractivity contribution >= 4 is 29.2 Å². The van der Waals surface area contributed by atoms with Crippen LogP contribution in [-0.2, 0) is 4.79 Å². The van der Waals surface area contributed by atoms with Gasteiger partial charge in [-0.05, 0) is 25.1 Å². The van der Waals surface area contributed by atoms with Crippen molar-refractivity contribution in [1.82, 2.24) is 15.2 Å². The van der Waals surface area contributed by atoms with Gasteiger partial charge in [0.1, 0.15) is 12.4 Å². The lowest BCUT2D eigenvalue weighted by Gasteiger charge is -2.19. The number of aromatic amines is 1. The molecule has 2 N–H and O–H groups in total. The van der Waals surface area contributed by atoms with Gasteiger partial charge in [-0.15, -0.1) is 5.10 Å². The Morgan fingerprint density at radius 1 is 1.45 bits per heavy atom. The zero-order chi connectivity index (χ0) is 14.7. The molecule has 2 aromatic rings. The topological polar surface area (TPSA) is 99.2 Å². The van der Waals surface area contributed by atoms with Crippen LogP contribution in [0, 0.1) is 6.92 Å². The van der Waals surface area contributed by atoms with Crippen LogP contribution in [0.15, 0.2) is 24.3 Å². The smallest absolute Gasteiger partial charge is 0.323 e. The Morgan fingerprint density at radius 3 is 2.75 bits per heavy atom. The van der Waals surface area contributed by atoms with E-state index in [4.69, 9.17) is 16.7 Å². The standard InChI is InChI=1S/C12H11ClN4O3/c1-7-14-11(16-15-7)12(20)17(6-10(18)19)9-4-2-3-8(13)5-9/h2-5H,6H2,1H3,(H,18,19)(H,14,15,16). The molecule has 0 radical (unpaired) electrons. The Labute approximate surface area is 119 Å². The fourth-order valence-electron chi connectivity index (χ4n) is 1.62. The van der Waals surface area contributed by atoms with Gasteiger partial charge in [0.25, 0.3) is 5.91 Å². The van der Waals surface area contributed by atoms with Crippen molar-refractivity contribution in [3.63, 3.8) is 0 Å². The molecule has 0 unspecified atom stereocenters. The quantitative estimate of drug-likeness (QED) is 0.890. The summed E-state index contributed by atoms with van der Waals surface area (Å²) in [4.78, 5) is 28.2. The van der Waals surface area contributed by atoms with Crippen LogP contribution in [0.4, 0.5) is 5.69 Å². The van der Waals surface area contributed by atoms with Gasteiger partial charge in [-0.3, -0.25) is 19.6 Å². The second-order valence-electron chi connectivity index (χ2n) is 4.01. The number of benzene rings is 1. The van der Waals surface area contributed by atoms with Crippen LogP contribution in [0.1, 0.15) is 16.4 Å². The Morgan fingerprint density at radius 2 is 2.20 bits per heavy atom. The van der Waals surface area contributed by atoms with Gasteiger partial charge in [0.2, 0.25) is 5.82 Å². The van der Waals surface area contributed by atoms with Crippen LogP contribution in [0.2, 0.25) is 5.02 Å². The summed E-state index contributed by atoms with van der Waals surface area (Å²) in [5.74, 6) is -1.39. The van der Waals surface area contributed by atoms with Gasteiger partial charge in [-0.25, -0.2) is 4.98 Å². The van der Waals surface area contributed by atoms with E-state index in [1.165, 1.54) is 6.07 Å². The molecule has 20 heavy (non-hydrogen) atoms. The Balaban J connectivity index is 2.37. The first-order chi connectivity index (χ1) is 9.47. The second-order valence-corrected chi connectivity index (χ2v) is 4.45. The normalized spacial score (nSPS) is 10.3. The summed E-state index contributed by atoms with van der Waals surface area (Å²) in [6, 6.07) is 6.35. The summed E-state index contributed by atoms with van der Waals surface area (Å²) in [5, 5.41) is 15.6. The number of aryl methyl sites for hydroxylation is 1. The SMILES string of the molecule is Cc1nc(C(=O)N(CC(=O)O)c2cccc(Cl)c2)n[nH]1. The van der Waals surface area contributed by atoms with E-state index in [1.807, 2.05) is 0 Å². The predicted octanol–water partition coefficient (Wildman–Crippen LogP) is 1.50. The largest absolute Gasteiger partial charge is 0.480 e. The fraction of sp³-hybridized carbons (Fsp3) is 0.167. The van der Waals surface area contributed by atoms with Gasteiger partial charge in [-0.2, -0.15) is 0 Å². The lowest BCUT2D eigenvalue weighted by Crippen LogP contribution is -2.36. The third kappa shape index (κ3) is 3.12. The molecule has 1 amide bonds. The van der Waals surface area contributed by atoms with Crippen molar-refractivity contribution in [3.05, 3.63) is 40.9 Å². The molecule has 7 nitrogen and oxygen atoms in total. The van der Waals surface area contributed by atoms with E-state index in [9.17, 15) is 9.59 Å². The summed E-state index contributed by atoms with van der Waals surface area (Å²) in [7, 11) is 0. The summed E-state index contributed by atoms with van der Waals surface area (Å²) >= 11 is 5.86. The molecule has 1 heterocycles. The van der Waals surface area contributed by atoms with E-state index in [-0.39, 0.29) is 5.82 Å². The molecule has 0 aliphatic rings. The fourth-order valence-corrected chi connectivity index (χ4v) is 1.80. The number of carbonyl (C=O) groups is 2. The third-order valence-corrected chi connectivity index (χ3v) is 2.68. The number of nitrogens with zero attached hydrogens (tertiary/aromatic N) is 3. The van der Waals surface area contributed by atoms with Crippen LogP contribution in [0.5, 0.6) is 0 Å². The molecular weight excluding hydrogens is 284 g/mol. The van der Waals surface area contributed by atoms with E-state index in [0.29, 0.717) is 16.5 Å². The van der Waals surface area contributed by atoms with Crippen LogP contribution in [-0.4, -0.2) is 38.7 Å². The van der Waals surface area contributed by atoms with Crippen molar-refractivity contribution in [3.8, 4) is 0 Å². The highest BCUT2D eigenvalue weighted by atomic mass is 35.5. The van der Waals surface area contributed by atoms with Crippen molar-refractivity contribution < 1.29 is 14.7 Å². The van der Waals surface area contributed by atoms with Gasteiger partial charge < -0.3 is 5.11 Å². The maximum atomic E-state index is 12.3. The molecule has 104 valence electrons. The number of anilines is 1. The number of nitrogens with one attached hydrogen (secondary N) is 1. The molecule has 0 saturated heterocycles. The average Bonchev–Trinajstić information content (AvgIpc) is 2.81. The third-order valence-electron chi connectivity index (χ3n) is 2.45. The Bertz CT molecular complexity index is 656. The van der Waals surface area contributed by atoms with Crippen LogP contribution in [0.25, 0.3) is 0 Å². The highest BCUT2D eigenvalue weighted by molar-refractivity contribution is 6.31. The summed E-state index contributed by atoms with van der Waals surface area (Å²) in [6.45, 7) is 1.14. The van der Waals surface area contributed by atoms with Crippen molar-refractivity contribution in [2.45, 2.75) is 6.92 Å². The predicted molar refractivity (Wildman–Crippen MR) is 71.9 cm³/mol. The van der Waals surface area contributed by atoms with Crippen molar-refractivity contribution in [2.24, 2.45) is 0 Å². The minimum atomic E-state index is -1.15. The molecule has 0 saturated carbocycles. The molecule has 0 fully saturated rings. The number of amides is 1. The number of hydrogen-bond donors (Lipinski definition) is 2. The van der Waals surface area contributed by atoms with Crippen molar-refractivity contribution in [1.29, 1.82) is 0 Å². The van der Waals surface area contributed by atoms with E-state index < -0.39 is 18.4 Å². The number of carboxylic acids is 1. The zero-order valence-electron chi connectivity index (χ0n) is 10.5. The summed E-state index contributed by atoms with van der Waals surface area (Å²) < 4.78 is 0. The lowest BCUT2D eigenvalue weighted by molar-refractivity contribution is -0.135. The van der Waals surface area contributed by atoms with Crippen LogP contribution < -0.4 is 4.90 Å². The maximum Gasteiger partial charge on any atom is 0.323 e. The van der Waals surface area contributed by atoms with Crippen LogP contribution in [0.3, 0.4) is 0 Å². The Kier molecular flexibility index (Phi) is 3.99. The zero-order valence-corrected chi connectivity index (χ0v) is 11.3. The number of aliphatic carboxylic acids is 1. The molecular formula is C12H11ClN4O3.